The van der Waals surface area contributed by atoms with Gasteiger partial charge in [0.1, 0.15) is 4.21 Å². The Morgan fingerprint density at radius 2 is 1.90 bits per heavy atom. The molecular weight excluding hydrogens is 474 g/mol. The Morgan fingerprint density at radius 3 is 2.55 bits per heavy atom. The van der Waals surface area contributed by atoms with Gasteiger partial charge < -0.3 is 5.32 Å². The minimum absolute atomic E-state index is 0.114. The number of carbonyl (C=O) groups is 1. The molecule has 1 aliphatic rings. The van der Waals surface area contributed by atoms with Crippen molar-refractivity contribution in [2.24, 2.45) is 5.92 Å². The fourth-order valence-electron chi connectivity index (χ4n) is 3.49. The monoisotopic (exact) mass is 495 g/mol. The van der Waals surface area contributed by atoms with E-state index in [0.29, 0.717) is 35.4 Å². The summed E-state index contributed by atoms with van der Waals surface area (Å²) in [7, 11) is -3.56. The van der Waals surface area contributed by atoms with E-state index in [9.17, 15) is 13.2 Å². The third-order valence-electron chi connectivity index (χ3n) is 5.50. The Hall–Kier alpha value is -1.78. The second-order valence-corrected chi connectivity index (χ2v) is 12.3. The number of thiazole rings is 1. The standard InChI is InChI=1S/C21H22ClN3O3S3/c1-13-3-4-16(11-14(13)2)17-12-29-21(23-17)24-20(26)15-7-9-25(10-8-15)31(27,28)19-6-5-18(22)30-19/h3-6,11-12,15H,7-10H2,1-2H3,(H,23,24,26). The number of thiophene rings is 1. The summed E-state index contributed by atoms with van der Waals surface area (Å²) >= 11 is 8.32. The number of hydrogen-bond acceptors (Lipinski definition) is 6. The Kier molecular flexibility index (Phi) is 6.50. The highest BCUT2D eigenvalue weighted by Crippen LogP contribution is 2.31. The van der Waals surface area contributed by atoms with E-state index < -0.39 is 10.0 Å². The van der Waals surface area contributed by atoms with E-state index in [1.165, 1.54) is 32.8 Å². The Labute approximate surface area is 194 Å². The number of benzene rings is 1. The van der Waals surface area contributed by atoms with Crippen LogP contribution in [0, 0.1) is 19.8 Å². The predicted molar refractivity (Wildman–Crippen MR) is 126 cm³/mol. The number of aromatic nitrogens is 1. The molecule has 0 saturated carbocycles. The number of carbonyl (C=O) groups excluding carboxylic acids is 1. The summed E-state index contributed by atoms with van der Waals surface area (Å²) in [6.45, 7) is 4.74. The van der Waals surface area contributed by atoms with Crippen molar-refractivity contribution in [2.75, 3.05) is 18.4 Å². The van der Waals surface area contributed by atoms with Crippen LogP contribution in [0.2, 0.25) is 4.34 Å². The Morgan fingerprint density at radius 1 is 1.16 bits per heavy atom. The number of rotatable bonds is 5. The first kappa shape index (κ1) is 22.4. The van der Waals surface area contributed by atoms with Crippen molar-refractivity contribution >= 4 is 55.3 Å². The summed E-state index contributed by atoms with van der Waals surface area (Å²) in [4.78, 5) is 17.3. The molecule has 6 nitrogen and oxygen atoms in total. The molecule has 0 atom stereocenters. The maximum Gasteiger partial charge on any atom is 0.252 e. The van der Waals surface area contributed by atoms with Crippen LogP contribution in [0.1, 0.15) is 24.0 Å². The van der Waals surface area contributed by atoms with E-state index in [1.54, 1.807) is 6.07 Å². The normalized spacial score (nSPS) is 15.8. The molecule has 3 aromatic rings. The molecule has 10 heteroatoms. The molecule has 0 aliphatic carbocycles. The van der Waals surface area contributed by atoms with Crippen LogP contribution < -0.4 is 5.32 Å². The Balaban J connectivity index is 1.36. The minimum Gasteiger partial charge on any atom is -0.302 e. The average molecular weight is 496 g/mol. The van der Waals surface area contributed by atoms with Crippen molar-refractivity contribution in [3.63, 3.8) is 0 Å². The van der Waals surface area contributed by atoms with Crippen molar-refractivity contribution in [2.45, 2.75) is 30.9 Å². The summed E-state index contributed by atoms with van der Waals surface area (Å²) < 4.78 is 27.5. The lowest BCUT2D eigenvalue weighted by atomic mass is 9.97. The molecule has 0 bridgehead atoms. The van der Waals surface area contributed by atoms with Crippen LogP contribution in [-0.2, 0) is 14.8 Å². The number of nitrogens with zero attached hydrogens (tertiary/aromatic N) is 2. The first-order chi connectivity index (χ1) is 14.7. The number of hydrogen-bond donors (Lipinski definition) is 1. The summed E-state index contributed by atoms with van der Waals surface area (Å²) in [6, 6.07) is 9.29. The highest BCUT2D eigenvalue weighted by molar-refractivity contribution is 7.91. The van der Waals surface area contributed by atoms with Crippen LogP contribution in [-0.4, -0.2) is 36.7 Å². The van der Waals surface area contributed by atoms with Gasteiger partial charge in [-0.1, -0.05) is 23.7 Å². The molecule has 4 rings (SSSR count). The maximum atomic E-state index is 12.7. The first-order valence-electron chi connectivity index (χ1n) is 9.83. The number of piperidine rings is 1. The molecule has 31 heavy (non-hydrogen) atoms. The van der Waals surface area contributed by atoms with E-state index in [4.69, 9.17) is 11.6 Å². The highest BCUT2D eigenvalue weighted by Gasteiger charge is 2.33. The second-order valence-electron chi connectivity index (χ2n) is 7.56. The van der Waals surface area contributed by atoms with Gasteiger partial charge in [-0.25, -0.2) is 13.4 Å². The molecule has 1 aromatic carbocycles. The highest BCUT2D eigenvalue weighted by atomic mass is 35.5. The van der Waals surface area contributed by atoms with Crippen LogP contribution in [0.5, 0.6) is 0 Å². The zero-order chi connectivity index (χ0) is 22.2. The van der Waals surface area contributed by atoms with Crippen LogP contribution in [0.15, 0.2) is 39.9 Å². The molecule has 0 spiro atoms. The molecule has 0 unspecified atom stereocenters. The van der Waals surface area contributed by atoms with E-state index in [1.807, 2.05) is 11.4 Å². The van der Waals surface area contributed by atoms with Gasteiger partial charge in [0.05, 0.1) is 10.0 Å². The summed E-state index contributed by atoms with van der Waals surface area (Å²) in [5.74, 6) is -0.357. The van der Waals surface area contributed by atoms with Crippen LogP contribution in [0.4, 0.5) is 5.13 Å². The number of anilines is 1. The van der Waals surface area contributed by atoms with Gasteiger partial charge in [0, 0.05) is 30.0 Å². The van der Waals surface area contributed by atoms with Crippen LogP contribution in [0.25, 0.3) is 11.3 Å². The van der Waals surface area contributed by atoms with Crippen molar-refractivity contribution in [1.29, 1.82) is 0 Å². The number of sulfonamides is 1. The molecular formula is C21H22ClN3O3S3. The molecule has 1 N–H and O–H groups in total. The van der Waals surface area contributed by atoms with Gasteiger partial charge in [0.2, 0.25) is 5.91 Å². The minimum atomic E-state index is -3.56. The van der Waals surface area contributed by atoms with E-state index >= 15 is 0 Å². The van der Waals surface area contributed by atoms with Gasteiger partial charge in [-0.15, -0.1) is 22.7 Å². The summed E-state index contributed by atoms with van der Waals surface area (Å²) in [6.07, 6.45) is 0.944. The number of amides is 1. The lowest BCUT2D eigenvalue weighted by molar-refractivity contribution is -0.120. The number of aryl methyl sites for hydroxylation is 2. The molecule has 1 saturated heterocycles. The first-order valence-corrected chi connectivity index (χ1v) is 13.3. The van der Waals surface area contributed by atoms with Crippen molar-refractivity contribution < 1.29 is 13.2 Å². The number of nitrogens with one attached hydrogen (secondary N) is 1. The third kappa shape index (κ3) is 4.85. The van der Waals surface area contributed by atoms with Crippen molar-refractivity contribution in [1.82, 2.24) is 9.29 Å². The quantitative estimate of drug-likeness (QED) is 0.528. The largest absolute Gasteiger partial charge is 0.302 e. The smallest absolute Gasteiger partial charge is 0.252 e. The fourth-order valence-corrected chi connectivity index (χ4v) is 7.32. The van der Waals surface area contributed by atoms with Gasteiger partial charge in [0.25, 0.3) is 10.0 Å². The average Bonchev–Trinajstić information content (AvgIpc) is 3.39. The molecule has 1 fully saturated rings. The summed E-state index contributed by atoms with van der Waals surface area (Å²) in [5, 5.41) is 5.39. The maximum absolute atomic E-state index is 12.7. The fraction of sp³-hybridized carbons (Fsp3) is 0.333. The number of halogens is 1. The van der Waals surface area contributed by atoms with Gasteiger partial charge in [0.15, 0.2) is 5.13 Å². The van der Waals surface area contributed by atoms with Gasteiger partial charge in [-0.05, 0) is 56.0 Å². The molecule has 3 heterocycles. The van der Waals surface area contributed by atoms with Crippen LogP contribution >= 0.6 is 34.3 Å². The lowest BCUT2D eigenvalue weighted by Gasteiger charge is -2.29. The zero-order valence-corrected chi connectivity index (χ0v) is 20.3. The second kappa shape index (κ2) is 8.99. The van der Waals surface area contributed by atoms with Crippen molar-refractivity contribution in [3.05, 3.63) is 51.2 Å². The van der Waals surface area contributed by atoms with Gasteiger partial charge >= 0.3 is 0 Å². The molecule has 2 aromatic heterocycles. The van der Waals surface area contributed by atoms with E-state index in [2.05, 4.69) is 36.3 Å². The van der Waals surface area contributed by atoms with Gasteiger partial charge in [-0.2, -0.15) is 4.31 Å². The molecule has 1 aliphatic heterocycles. The molecule has 0 radical (unpaired) electrons. The lowest BCUT2D eigenvalue weighted by Crippen LogP contribution is -2.41. The topological polar surface area (TPSA) is 79.4 Å². The van der Waals surface area contributed by atoms with Crippen LogP contribution in [0.3, 0.4) is 0 Å². The van der Waals surface area contributed by atoms with Crippen molar-refractivity contribution in [3.8, 4) is 11.3 Å². The molecule has 164 valence electrons. The van der Waals surface area contributed by atoms with E-state index in [0.717, 1.165) is 22.6 Å². The zero-order valence-electron chi connectivity index (χ0n) is 17.1. The summed E-state index contributed by atoms with van der Waals surface area (Å²) in [5.41, 5.74) is 4.27. The third-order valence-corrected chi connectivity index (χ3v) is 9.86. The van der Waals surface area contributed by atoms with E-state index in [-0.39, 0.29) is 16.0 Å². The predicted octanol–water partition coefficient (Wildman–Crippen LogP) is 5.18. The molecule has 1 amide bonds. The Bertz CT molecular complexity index is 1210. The van der Waals surface area contributed by atoms with Gasteiger partial charge in [-0.3, -0.25) is 4.79 Å². The SMILES string of the molecule is Cc1ccc(-c2csc(NC(=O)C3CCN(S(=O)(=O)c4ccc(Cl)s4)CC3)n2)cc1C.